The van der Waals surface area contributed by atoms with Crippen LogP contribution in [0.5, 0.6) is 0 Å². The van der Waals surface area contributed by atoms with Crippen LogP contribution >= 0.6 is 35.0 Å². The second-order valence-electron chi connectivity index (χ2n) is 6.86. The van der Waals surface area contributed by atoms with E-state index in [0.29, 0.717) is 30.0 Å². The van der Waals surface area contributed by atoms with E-state index >= 15 is 0 Å². The van der Waals surface area contributed by atoms with Crippen molar-refractivity contribution in [3.8, 4) is 0 Å². The third kappa shape index (κ3) is 4.62. The van der Waals surface area contributed by atoms with Gasteiger partial charge in [0.15, 0.2) is 0 Å². The normalized spacial score (nSPS) is 19.3. The van der Waals surface area contributed by atoms with Gasteiger partial charge in [-0.3, -0.25) is 4.57 Å². The number of β-amino-alcohol motifs (C(OH)–C–C–N with tert-alkyl or cyclic N) is 1. The lowest BCUT2D eigenvalue weighted by atomic mass is 9.97. The molecule has 0 saturated heterocycles. The van der Waals surface area contributed by atoms with Gasteiger partial charge in [0.25, 0.3) is 0 Å². The molecule has 30 heavy (non-hydrogen) atoms. The summed E-state index contributed by atoms with van der Waals surface area (Å²) < 4.78 is 15.6. The van der Waals surface area contributed by atoms with E-state index in [2.05, 4.69) is 9.97 Å². The number of anilines is 1. The number of aliphatic hydroxyl groups excluding tert-OH is 1. The largest absolute Gasteiger partial charge is 0.387 e. The minimum atomic E-state index is -0.854. The number of halogens is 3. The fourth-order valence-corrected chi connectivity index (χ4v) is 4.33. The topological polar surface area (TPSA) is 71.2 Å². The molecular formula is C20H17Cl2FN4O2S. The first kappa shape index (κ1) is 21.1. The maximum absolute atomic E-state index is 13.4. The molecule has 0 unspecified atom stereocenters. The van der Waals surface area contributed by atoms with E-state index < -0.39 is 17.6 Å². The molecule has 2 aliphatic heterocycles. The Morgan fingerprint density at radius 2 is 2.13 bits per heavy atom. The van der Waals surface area contributed by atoms with E-state index in [4.69, 9.17) is 23.2 Å². The number of rotatable bonds is 4. The molecule has 2 aliphatic rings. The lowest BCUT2D eigenvalue weighted by Crippen LogP contribution is -2.40. The molecule has 0 bridgehead atoms. The predicted molar refractivity (Wildman–Crippen MR) is 118 cm³/mol. The number of nitrogens with zero attached hydrogens (tertiary/aromatic N) is 4. The van der Waals surface area contributed by atoms with Crippen LogP contribution in [0.4, 0.5) is 10.3 Å². The van der Waals surface area contributed by atoms with Crippen molar-refractivity contribution in [3.63, 3.8) is 0 Å². The highest BCUT2D eigenvalue weighted by Gasteiger charge is 2.24. The first-order valence-electron chi connectivity index (χ1n) is 9.10. The van der Waals surface area contributed by atoms with Crippen molar-refractivity contribution in [3.05, 3.63) is 79.6 Å². The number of thioether (sulfide) groups is 1. The Bertz CT molecular complexity index is 1130. The maximum Gasteiger partial charge on any atom is 0.352 e. The predicted octanol–water partition coefficient (Wildman–Crippen LogP) is 3.45. The minimum Gasteiger partial charge on any atom is -0.387 e. The van der Waals surface area contributed by atoms with Crippen molar-refractivity contribution >= 4 is 46.5 Å². The smallest absolute Gasteiger partial charge is 0.352 e. The molecule has 0 spiro atoms. The Morgan fingerprint density at radius 3 is 2.80 bits per heavy atom. The van der Waals surface area contributed by atoms with Gasteiger partial charge in [-0.25, -0.2) is 14.2 Å². The van der Waals surface area contributed by atoms with Crippen molar-refractivity contribution in [2.75, 3.05) is 23.7 Å². The van der Waals surface area contributed by atoms with Crippen LogP contribution in [-0.2, 0) is 6.54 Å². The summed E-state index contributed by atoms with van der Waals surface area (Å²) in [5, 5.41) is 10.6. The molecule has 1 N–H and O–H groups in total. The molecular weight excluding hydrogens is 450 g/mol. The highest BCUT2D eigenvalue weighted by atomic mass is 35.5. The van der Waals surface area contributed by atoms with E-state index in [0.717, 1.165) is 9.94 Å². The number of aromatic nitrogens is 3. The lowest BCUT2D eigenvalue weighted by molar-refractivity contribution is 0.233. The molecule has 3 heterocycles. The molecule has 0 radical (unpaired) electrons. The molecule has 1 aromatic carbocycles. The van der Waals surface area contributed by atoms with Gasteiger partial charge in [-0.2, -0.15) is 4.98 Å². The maximum atomic E-state index is 13.4. The van der Waals surface area contributed by atoms with E-state index in [1.54, 1.807) is 23.1 Å². The van der Waals surface area contributed by atoms with Gasteiger partial charge in [-0.05, 0) is 34.9 Å². The third-order valence-electron chi connectivity index (χ3n) is 4.79. The van der Waals surface area contributed by atoms with Crippen molar-refractivity contribution < 1.29 is 9.50 Å². The third-order valence-corrected chi connectivity index (χ3v) is 6.46. The van der Waals surface area contributed by atoms with Crippen molar-refractivity contribution in [1.82, 2.24) is 14.5 Å². The Labute approximate surface area is 186 Å². The van der Waals surface area contributed by atoms with Crippen LogP contribution in [0.2, 0.25) is 5.02 Å². The second kappa shape index (κ2) is 8.93. The quantitative estimate of drug-likeness (QED) is 0.743. The van der Waals surface area contributed by atoms with Crippen molar-refractivity contribution in [2.45, 2.75) is 12.6 Å². The van der Waals surface area contributed by atoms with Gasteiger partial charge >= 0.3 is 5.69 Å². The summed E-state index contributed by atoms with van der Waals surface area (Å²) in [5.41, 5.74) is 1.93. The average Bonchev–Trinajstić information content (AvgIpc) is 2.73. The molecule has 6 nitrogen and oxygen atoms in total. The summed E-state index contributed by atoms with van der Waals surface area (Å²) >= 11 is 13.3. The van der Waals surface area contributed by atoms with Crippen LogP contribution in [0.25, 0.3) is 5.57 Å². The van der Waals surface area contributed by atoms with E-state index in [-0.39, 0.29) is 17.5 Å². The van der Waals surface area contributed by atoms with E-state index in [1.807, 2.05) is 6.08 Å². The standard InChI is InChI=1S/C20H17Cl2FN4O2S/c21-15-7-13(2-3-16(15)23)14-5-6-26(9-17(14)28)19-24-11-27(20(29)25-19)8-12-1-4-18(22)30-10-12/h1-5,7,11,17,28H,6,8-10H2/t17-/m0/s1. The zero-order chi connectivity index (χ0) is 21.3. The molecule has 4 rings (SSSR count). The van der Waals surface area contributed by atoms with Gasteiger partial charge < -0.3 is 10.0 Å². The van der Waals surface area contributed by atoms with Crippen LogP contribution in [0.3, 0.4) is 0 Å². The fraction of sp³-hybridized carbons (Fsp3) is 0.250. The Balaban J connectivity index is 1.50. The van der Waals surface area contributed by atoms with Gasteiger partial charge in [-0.1, -0.05) is 41.4 Å². The van der Waals surface area contributed by atoms with Crippen LogP contribution in [0, 0.1) is 5.82 Å². The fourth-order valence-electron chi connectivity index (χ4n) is 3.24. The SMILES string of the molecule is O=c1nc(N2CC=C(c3ccc(F)c(Cl)c3)[C@@H](O)C2)ncn1CC1=CC=C(Cl)SC1. The first-order chi connectivity index (χ1) is 14.4. The molecule has 0 amide bonds. The molecule has 0 saturated carbocycles. The molecule has 2 aromatic rings. The Morgan fingerprint density at radius 1 is 1.30 bits per heavy atom. The average molecular weight is 467 g/mol. The number of benzene rings is 1. The molecule has 0 aliphatic carbocycles. The zero-order valence-corrected chi connectivity index (χ0v) is 18.0. The highest BCUT2D eigenvalue weighted by Crippen LogP contribution is 2.28. The molecule has 1 atom stereocenters. The van der Waals surface area contributed by atoms with E-state index in [1.165, 1.54) is 34.8 Å². The molecule has 156 valence electrons. The van der Waals surface area contributed by atoms with Gasteiger partial charge in [-0.15, -0.1) is 11.8 Å². The summed E-state index contributed by atoms with van der Waals surface area (Å²) in [7, 11) is 0. The minimum absolute atomic E-state index is 0.000726. The van der Waals surface area contributed by atoms with Crippen LogP contribution < -0.4 is 10.6 Å². The summed E-state index contributed by atoms with van der Waals surface area (Å²) in [5.74, 6) is 0.448. The second-order valence-corrected chi connectivity index (χ2v) is 8.92. The Hall–Kier alpha value is -2.13. The van der Waals surface area contributed by atoms with Gasteiger partial charge in [0.2, 0.25) is 5.95 Å². The van der Waals surface area contributed by atoms with Gasteiger partial charge in [0.05, 0.1) is 28.6 Å². The van der Waals surface area contributed by atoms with E-state index in [9.17, 15) is 14.3 Å². The van der Waals surface area contributed by atoms with Crippen LogP contribution in [0.1, 0.15) is 5.56 Å². The number of hydrogen-bond acceptors (Lipinski definition) is 6. The molecule has 1 aromatic heterocycles. The molecule has 10 heteroatoms. The number of aliphatic hydroxyl groups is 1. The summed E-state index contributed by atoms with van der Waals surface area (Å²) in [6.45, 7) is 0.996. The van der Waals surface area contributed by atoms with Crippen molar-refractivity contribution in [2.24, 2.45) is 0 Å². The number of hydrogen-bond donors (Lipinski definition) is 1. The summed E-state index contributed by atoms with van der Waals surface area (Å²) in [6, 6.07) is 4.33. The summed E-state index contributed by atoms with van der Waals surface area (Å²) in [4.78, 5) is 22.5. The lowest BCUT2D eigenvalue weighted by Gasteiger charge is -2.30. The van der Waals surface area contributed by atoms with Crippen LogP contribution in [0.15, 0.2) is 57.5 Å². The monoisotopic (exact) mass is 466 g/mol. The summed E-state index contributed by atoms with van der Waals surface area (Å²) in [6.07, 6.45) is 6.11. The van der Waals surface area contributed by atoms with Gasteiger partial charge in [0, 0.05) is 12.3 Å². The van der Waals surface area contributed by atoms with Gasteiger partial charge in [0.1, 0.15) is 12.1 Å². The first-order valence-corrected chi connectivity index (χ1v) is 10.8. The highest BCUT2D eigenvalue weighted by molar-refractivity contribution is 8.04. The van der Waals surface area contributed by atoms with Crippen LogP contribution in [-0.4, -0.2) is 44.6 Å². The van der Waals surface area contributed by atoms with Crippen molar-refractivity contribution in [1.29, 1.82) is 0 Å². The Kier molecular flexibility index (Phi) is 6.29. The number of allylic oxidation sites excluding steroid dienone is 2. The zero-order valence-electron chi connectivity index (χ0n) is 15.6. The molecule has 0 fully saturated rings.